The van der Waals surface area contributed by atoms with Crippen molar-refractivity contribution in [2.45, 2.75) is 0 Å². The molecule has 1 heterocycles. The third-order valence-electron chi connectivity index (χ3n) is 9.51. The summed E-state index contributed by atoms with van der Waals surface area (Å²) in [6, 6.07) is 39.8. The van der Waals surface area contributed by atoms with Gasteiger partial charge in [-0.25, -0.2) is 0 Å². The first-order chi connectivity index (χ1) is 27.7. The summed E-state index contributed by atoms with van der Waals surface area (Å²) in [5.41, 5.74) is 4.85. The normalized spacial score (nSPS) is 14.0. The lowest BCUT2D eigenvalue weighted by Gasteiger charge is -2.19. The van der Waals surface area contributed by atoms with Crippen LogP contribution in [-0.4, -0.2) is 0 Å². The molecule has 0 bridgehead atoms. The highest BCUT2D eigenvalue weighted by atomic mass is 16.3. The maximum atomic E-state index is 9.61. The number of hydrogen-bond acceptors (Lipinski definition) is 1. The summed E-state index contributed by atoms with van der Waals surface area (Å²) >= 11 is 0. The number of hydrogen-bond donors (Lipinski definition) is 0. The Morgan fingerprint density at radius 2 is 0.918 bits per heavy atom. The monoisotopic (exact) mass is 630 g/mol. The van der Waals surface area contributed by atoms with Crippen molar-refractivity contribution in [3.8, 4) is 44.7 Å². The van der Waals surface area contributed by atoms with E-state index in [1.54, 1.807) is 0 Å². The molecule has 0 fully saturated rings. The molecule has 0 atom stereocenters. The van der Waals surface area contributed by atoms with Gasteiger partial charge in [0.05, 0.1) is 11.0 Å². The highest BCUT2D eigenvalue weighted by molar-refractivity contribution is 6.28. The Balaban J connectivity index is 1.45. The standard InChI is InChI=1S/C48H30O/c1-2-13-31(14-3-1)32-25-29-35(30-26-32)48-47(41-22-10-11-24-43(41)49-48)46-39-20-8-6-18-37(39)45(38-19-7-9-21-40(38)46)42-23-12-16-34-28-27-33-15-4-5-17-36(33)44(34)42/h1-30H/i6D,7D,8D,9D,18D,19D,20D,21D. The molecule has 1 nitrogen and oxygen atoms in total. The zero-order valence-corrected chi connectivity index (χ0v) is 26.1. The Bertz CT molecular complexity index is 3240. The van der Waals surface area contributed by atoms with Crippen LogP contribution in [-0.2, 0) is 0 Å². The van der Waals surface area contributed by atoms with Crippen molar-refractivity contribution in [1.29, 1.82) is 0 Å². The van der Waals surface area contributed by atoms with Crippen molar-refractivity contribution in [3.05, 3.63) is 182 Å². The van der Waals surface area contributed by atoms with Crippen molar-refractivity contribution in [2.24, 2.45) is 0 Å². The van der Waals surface area contributed by atoms with Gasteiger partial charge in [-0.05, 0) is 71.4 Å². The Kier molecular flexibility index (Phi) is 4.69. The smallest absolute Gasteiger partial charge is 0.143 e. The summed E-state index contributed by atoms with van der Waals surface area (Å²) in [6.45, 7) is 0. The van der Waals surface area contributed by atoms with Gasteiger partial charge in [-0.3, -0.25) is 0 Å². The number of rotatable bonds is 4. The molecule has 10 aromatic rings. The molecule has 0 radical (unpaired) electrons. The van der Waals surface area contributed by atoms with Crippen LogP contribution >= 0.6 is 0 Å². The van der Waals surface area contributed by atoms with Crippen LogP contribution in [0.5, 0.6) is 0 Å². The fourth-order valence-electron chi connectivity index (χ4n) is 7.35. The van der Waals surface area contributed by atoms with Gasteiger partial charge in [0.2, 0.25) is 0 Å². The summed E-state index contributed by atoms with van der Waals surface area (Å²) in [5, 5.41) is 4.76. The number of benzene rings is 9. The van der Waals surface area contributed by atoms with Crippen LogP contribution < -0.4 is 0 Å². The quantitative estimate of drug-likeness (QED) is 0.139. The van der Waals surface area contributed by atoms with Gasteiger partial charge in [0.15, 0.2) is 0 Å². The second-order valence-corrected chi connectivity index (χ2v) is 12.2. The van der Waals surface area contributed by atoms with Crippen molar-refractivity contribution >= 4 is 54.1 Å². The number of fused-ring (bicyclic) bond motifs is 6. The van der Waals surface area contributed by atoms with Crippen LogP contribution in [0.2, 0.25) is 0 Å². The molecule has 49 heavy (non-hydrogen) atoms. The summed E-state index contributed by atoms with van der Waals surface area (Å²) < 4.78 is 81.0. The third kappa shape index (κ3) is 4.33. The first-order valence-electron chi connectivity index (χ1n) is 20.2. The molecule has 10 rings (SSSR count). The Morgan fingerprint density at radius 3 is 1.65 bits per heavy atom. The second kappa shape index (κ2) is 11.1. The van der Waals surface area contributed by atoms with Gasteiger partial charge in [0.25, 0.3) is 0 Å². The zero-order chi connectivity index (χ0) is 39.3. The van der Waals surface area contributed by atoms with Gasteiger partial charge in [-0.15, -0.1) is 0 Å². The van der Waals surface area contributed by atoms with Gasteiger partial charge >= 0.3 is 0 Å². The van der Waals surface area contributed by atoms with E-state index in [9.17, 15) is 5.48 Å². The van der Waals surface area contributed by atoms with Gasteiger partial charge in [-0.1, -0.05) is 176 Å². The lowest BCUT2D eigenvalue weighted by molar-refractivity contribution is 0.632. The van der Waals surface area contributed by atoms with E-state index in [2.05, 4.69) is 0 Å². The minimum Gasteiger partial charge on any atom is -0.455 e. The van der Waals surface area contributed by atoms with Crippen LogP contribution in [0, 0.1) is 0 Å². The molecule has 0 aliphatic heterocycles. The highest BCUT2D eigenvalue weighted by Crippen LogP contribution is 2.50. The van der Waals surface area contributed by atoms with Gasteiger partial charge in [-0.2, -0.15) is 0 Å². The summed E-state index contributed by atoms with van der Waals surface area (Å²) in [4.78, 5) is 0. The highest BCUT2D eigenvalue weighted by Gasteiger charge is 2.24. The summed E-state index contributed by atoms with van der Waals surface area (Å²) in [6.07, 6.45) is 0. The maximum Gasteiger partial charge on any atom is 0.143 e. The van der Waals surface area contributed by atoms with E-state index in [1.807, 2.05) is 133 Å². The van der Waals surface area contributed by atoms with Crippen molar-refractivity contribution < 1.29 is 15.4 Å². The van der Waals surface area contributed by atoms with Crippen molar-refractivity contribution in [1.82, 2.24) is 0 Å². The largest absolute Gasteiger partial charge is 0.455 e. The van der Waals surface area contributed by atoms with Crippen molar-refractivity contribution in [2.75, 3.05) is 0 Å². The average Bonchev–Trinajstić information content (AvgIpc) is 3.64. The topological polar surface area (TPSA) is 13.1 Å². The predicted molar refractivity (Wildman–Crippen MR) is 208 cm³/mol. The maximum absolute atomic E-state index is 9.61. The van der Waals surface area contributed by atoms with E-state index in [0.29, 0.717) is 39.0 Å². The van der Waals surface area contributed by atoms with Gasteiger partial charge in [0, 0.05) is 22.1 Å². The van der Waals surface area contributed by atoms with Crippen LogP contribution in [0.4, 0.5) is 0 Å². The number of para-hydroxylation sites is 1. The number of furan rings is 1. The molecule has 1 heteroatoms. The molecule has 0 amide bonds. The Hall–Kier alpha value is -6.44. The molecular weight excluding hydrogens is 593 g/mol. The average molecular weight is 631 g/mol. The summed E-state index contributed by atoms with van der Waals surface area (Å²) in [5.74, 6) is 0.405. The molecule has 228 valence electrons. The molecule has 9 aromatic carbocycles. The van der Waals surface area contributed by atoms with Gasteiger partial charge in [0.1, 0.15) is 11.3 Å². The van der Waals surface area contributed by atoms with E-state index in [1.165, 1.54) is 0 Å². The van der Waals surface area contributed by atoms with Gasteiger partial charge < -0.3 is 4.42 Å². The first-order valence-corrected chi connectivity index (χ1v) is 16.2. The molecule has 0 saturated heterocycles. The fourth-order valence-corrected chi connectivity index (χ4v) is 7.35. The minimum absolute atomic E-state index is 0.138. The molecule has 0 unspecified atom stereocenters. The minimum atomic E-state index is -0.454. The van der Waals surface area contributed by atoms with Crippen LogP contribution in [0.1, 0.15) is 11.0 Å². The molecule has 0 saturated carbocycles. The van der Waals surface area contributed by atoms with Crippen LogP contribution in [0.15, 0.2) is 186 Å². The van der Waals surface area contributed by atoms with Crippen LogP contribution in [0.3, 0.4) is 0 Å². The Morgan fingerprint density at radius 1 is 0.367 bits per heavy atom. The van der Waals surface area contributed by atoms with Crippen LogP contribution in [0.25, 0.3) is 98.8 Å². The van der Waals surface area contributed by atoms with E-state index >= 15 is 0 Å². The van der Waals surface area contributed by atoms with Crippen molar-refractivity contribution in [3.63, 3.8) is 0 Å². The summed E-state index contributed by atoms with van der Waals surface area (Å²) in [7, 11) is 0. The van der Waals surface area contributed by atoms with E-state index < -0.39 is 24.2 Å². The molecule has 0 spiro atoms. The van der Waals surface area contributed by atoms with E-state index in [0.717, 1.165) is 32.7 Å². The molecular formula is C48H30O. The lowest BCUT2D eigenvalue weighted by atomic mass is 9.83. The van der Waals surface area contributed by atoms with E-state index in [4.69, 9.17) is 9.90 Å². The third-order valence-corrected chi connectivity index (χ3v) is 9.51. The second-order valence-electron chi connectivity index (χ2n) is 12.2. The lowest BCUT2D eigenvalue weighted by Crippen LogP contribution is -1.92. The molecule has 0 N–H and O–H groups in total. The molecule has 0 aliphatic rings. The zero-order valence-electron chi connectivity index (χ0n) is 34.1. The Labute approximate surface area is 295 Å². The predicted octanol–water partition coefficient (Wildman–Crippen LogP) is 13.7. The van der Waals surface area contributed by atoms with E-state index in [-0.39, 0.29) is 51.3 Å². The SMILES string of the molecule is [2H]c1c([2H])c([2H])c2c(-c3cccc4ccc5ccccc5c34)c3c([2H])c([2H])c([2H])c([2H])c3c(-c3c(-c4ccc(-c5ccccc5)cc4)oc4ccccc34)c2c1[2H]. The molecule has 0 aliphatic carbocycles. The molecule has 1 aromatic heterocycles. The fraction of sp³-hybridized carbons (Fsp3) is 0. The first kappa shape index (κ1) is 20.7.